The summed E-state index contributed by atoms with van der Waals surface area (Å²) in [5.41, 5.74) is 0. The number of rotatable bonds is 7. The van der Waals surface area contributed by atoms with E-state index in [0.29, 0.717) is 17.8 Å². The van der Waals surface area contributed by atoms with Gasteiger partial charge in [-0.25, -0.2) is 0 Å². The predicted molar refractivity (Wildman–Crippen MR) is 59.6 cm³/mol. The molecule has 4 heteroatoms. The largest absolute Gasteiger partial charge is 0.339 e. The molecular formula is C11H19N3O. The number of allylic oxidation sites excluding steroid dienone is 1. The fourth-order valence-electron chi connectivity index (χ4n) is 1.34. The molecule has 1 atom stereocenters. The van der Waals surface area contributed by atoms with E-state index in [9.17, 15) is 0 Å². The number of aromatic nitrogens is 2. The maximum atomic E-state index is 5.01. The van der Waals surface area contributed by atoms with Gasteiger partial charge in [-0.3, -0.25) is 0 Å². The van der Waals surface area contributed by atoms with Crippen LogP contribution in [-0.4, -0.2) is 22.7 Å². The minimum atomic E-state index is 0.506. The molecule has 0 aliphatic rings. The Balaban J connectivity index is 2.13. The van der Waals surface area contributed by atoms with Crippen molar-refractivity contribution in [2.45, 2.75) is 39.2 Å². The summed E-state index contributed by atoms with van der Waals surface area (Å²) >= 11 is 0. The van der Waals surface area contributed by atoms with E-state index in [1.54, 1.807) is 0 Å². The van der Waals surface area contributed by atoms with Crippen LogP contribution >= 0.6 is 0 Å². The molecule has 1 unspecified atom stereocenters. The van der Waals surface area contributed by atoms with Gasteiger partial charge in [-0.05, 0) is 26.7 Å². The first kappa shape index (κ1) is 11.9. The zero-order valence-corrected chi connectivity index (χ0v) is 9.49. The molecule has 1 heterocycles. The van der Waals surface area contributed by atoms with Gasteiger partial charge in [0, 0.05) is 19.0 Å². The van der Waals surface area contributed by atoms with Gasteiger partial charge in [0.25, 0.3) is 0 Å². The molecule has 15 heavy (non-hydrogen) atoms. The Morgan fingerprint density at radius 3 is 3.00 bits per heavy atom. The fraction of sp³-hybridized carbons (Fsp3) is 0.636. The molecule has 1 rings (SSSR count). The summed E-state index contributed by atoms with van der Waals surface area (Å²) in [7, 11) is 0. The van der Waals surface area contributed by atoms with Crippen LogP contribution in [0, 0.1) is 6.92 Å². The summed E-state index contributed by atoms with van der Waals surface area (Å²) in [6.07, 6.45) is 4.90. The number of hydrogen-bond donors (Lipinski definition) is 1. The lowest BCUT2D eigenvalue weighted by Crippen LogP contribution is -2.27. The Morgan fingerprint density at radius 2 is 2.40 bits per heavy atom. The third kappa shape index (κ3) is 4.74. The van der Waals surface area contributed by atoms with Crippen molar-refractivity contribution in [1.29, 1.82) is 0 Å². The van der Waals surface area contributed by atoms with E-state index < -0.39 is 0 Å². The summed E-state index contributed by atoms with van der Waals surface area (Å²) in [5.74, 6) is 1.40. The molecule has 84 valence electrons. The van der Waals surface area contributed by atoms with Crippen LogP contribution in [0.25, 0.3) is 0 Å². The third-order valence-corrected chi connectivity index (χ3v) is 2.21. The first-order valence-electron chi connectivity index (χ1n) is 5.36. The highest BCUT2D eigenvalue weighted by Crippen LogP contribution is 1.98. The maximum absolute atomic E-state index is 5.01. The van der Waals surface area contributed by atoms with Gasteiger partial charge in [0.15, 0.2) is 5.82 Å². The fourth-order valence-corrected chi connectivity index (χ4v) is 1.34. The van der Waals surface area contributed by atoms with E-state index in [0.717, 1.165) is 25.8 Å². The van der Waals surface area contributed by atoms with Crippen LogP contribution in [0.4, 0.5) is 0 Å². The summed E-state index contributed by atoms with van der Waals surface area (Å²) < 4.78 is 5.01. The van der Waals surface area contributed by atoms with Gasteiger partial charge < -0.3 is 9.84 Å². The highest BCUT2D eigenvalue weighted by Gasteiger charge is 2.03. The van der Waals surface area contributed by atoms with Gasteiger partial charge in [0.2, 0.25) is 5.89 Å². The standard InChI is InChI=1S/C11H19N3O/c1-4-5-6-9(2)12-8-7-11-13-10(3)14-15-11/h4,9,12H,1,5-8H2,2-3H3. The van der Waals surface area contributed by atoms with Crippen molar-refractivity contribution in [3.8, 4) is 0 Å². The molecule has 0 saturated heterocycles. The van der Waals surface area contributed by atoms with Crippen molar-refractivity contribution < 1.29 is 4.52 Å². The van der Waals surface area contributed by atoms with E-state index >= 15 is 0 Å². The molecule has 0 aliphatic heterocycles. The number of nitrogens with one attached hydrogen (secondary N) is 1. The summed E-state index contributed by atoms with van der Waals surface area (Å²) in [5, 5.41) is 7.14. The molecular weight excluding hydrogens is 190 g/mol. The minimum absolute atomic E-state index is 0.506. The SMILES string of the molecule is C=CCCC(C)NCCc1nc(C)no1. The molecule has 0 fully saturated rings. The molecule has 0 aliphatic carbocycles. The normalized spacial score (nSPS) is 12.7. The van der Waals surface area contributed by atoms with Gasteiger partial charge in [-0.2, -0.15) is 4.98 Å². The Bertz CT molecular complexity index is 296. The molecule has 1 aromatic heterocycles. The van der Waals surface area contributed by atoms with Crippen LogP contribution in [0.5, 0.6) is 0 Å². The highest BCUT2D eigenvalue weighted by molar-refractivity contribution is 4.83. The van der Waals surface area contributed by atoms with Gasteiger partial charge in [0.1, 0.15) is 0 Å². The Kier molecular flexibility index (Phi) is 5.04. The van der Waals surface area contributed by atoms with Gasteiger partial charge >= 0.3 is 0 Å². The van der Waals surface area contributed by atoms with Crippen molar-refractivity contribution in [3.05, 3.63) is 24.4 Å². The average molecular weight is 209 g/mol. The van der Waals surface area contributed by atoms with Crippen LogP contribution in [0.2, 0.25) is 0 Å². The Morgan fingerprint density at radius 1 is 1.60 bits per heavy atom. The second-order valence-electron chi connectivity index (χ2n) is 3.71. The first-order chi connectivity index (χ1) is 7.22. The Labute approximate surface area is 90.8 Å². The molecule has 1 aromatic rings. The summed E-state index contributed by atoms with van der Waals surface area (Å²) in [6.45, 7) is 8.57. The van der Waals surface area contributed by atoms with Crippen molar-refractivity contribution >= 4 is 0 Å². The van der Waals surface area contributed by atoms with Crippen LogP contribution in [0.15, 0.2) is 17.2 Å². The second-order valence-corrected chi connectivity index (χ2v) is 3.71. The molecule has 0 saturated carbocycles. The lowest BCUT2D eigenvalue weighted by atomic mass is 10.2. The van der Waals surface area contributed by atoms with Crippen LogP contribution < -0.4 is 5.32 Å². The summed E-state index contributed by atoms with van der Waals surface area (Å²) in [6, 6.07) is 0.506. The predicted octanol–water partition coefficient (Wildman–Crippen LogP) is 1.86. The zero-order chi connectivity index (χ0) is 11.1. The third-order valence-electron chi connectivity index (χ3n) is 2.21. The van der Waals surface area contributed by atoms with Crippen molar-refractivity contribution in [2.75, 3.05) is 6.54 Å². The molecule has 0 spiro atoms. The molecule has 4 nitrogen and oxygen atoms in total. The van der Waals surface area contributed by atoms with E-state index in [-0.39, 0.29) is 0 Å². The van der Waals surface area contributed by atoms with E-state index in [1.165, 1.54) is 0 Å². The van der Waals surface area contributed by atoms with Crippen LogP contribution in [0.1, 0.15) is 31.5 Å². The number of nitrogens with zero attached hydrogens (tertiary/aromatic N) is 2. The van der Waals surface area contributed by atoms with E-state index in [4.69, 9.17) is 4.52 Å². The maximum Gasteiger partial charge on any atom is 0.227 e. The minimum Gasteiger partial charge on any atom is -0.339 e. The van der Waals surface area contributed by atoms with Crippen LogP contribution in [-0.2, 0) is 6.42 Å². The lowest BCUT2D eigenvalue weighted by Gasteiger charge is -2.11. The monoisotopic (exact) mass is 209 g/mol. The quantitative estimate of drug-likeness (QED) is 0.696. The van der Waals surface area contributed by atoms with Crippen molar-refractivity contribution in [2.24, 2.45) is 0 Å². The molecule has 0 amide bonds. The summed E-state index contributed by atoms with van der Waals surface area (Å²) in [4.78, 5) is 4.14. The van der Waals surface area contributed by atoms with Crippen molar-refractivity contribution in [1.82, 2.24) is 15.5 Å². The number of hydrogen-bond acceptors (Lipinski definition) is 4. The molecule has 0 bridgehead atoms. The second kappa shape index (κ2) is 6.35. The zero-order valence-electron chi connectivity index (χ0n) is 9.49. The van der Waals surface area contributed by atoms with Crippen LogP contribution in [0.3, 0.4) is 0 Å². The highest BCUT2D eigenvalue weighted by atomic mass is 16.5. The van der Waals surface area contributed by atoms with E-state index in [1.807, 2.05) is 13.0 Å². The van der Waals surface area contributed by atoms with Gasteiger partial charge in [0.05, 0.1) is 0 Å². The molecule has 0 aromatic carbocycles. The Hall–Kier alpha value is -1.16. The first-order valence-corrected chi connectivity index (χ1v) is 5.36. The average Bonchev–Trinajstić information content (AvgIpc) is 2.61. The molecule has 1 N–H and O–H groups in total. The van der Waals surface area contributed by atoms with E-state index in [2.05, 4.69) is 29.0 Å². The molecule has 0 radical (unpaired) electrons. The van der Waals surface area contributed by atoms with Gasteiger partial charge in [-0.1, -0.05) is 11.2 Å². The van der Waals surface area contributed by atoms with Crippen molar-refractivity contribution in [3.63, 3.8) is 0 Å². The topological polar surface area (TPSA) is 51.0 Å². The lowest BCUT2D eigenvalue weighted by molar-refractivity contribution is 0.369. The number of aryl methyl sites for hydroxylation is 1. The smallest absolute Gasteiger partial charge is 0.227 e. The van der Waals surface area contributed by atoms with Gasteiger partial charge in [-0.15, -0.1) is 6.58 Å².